The number of aromatic nitrogens is 1. The van der Waals surface area contributed by atoms with Crippen molar-refractivity contribution < 1.29 is 4.79 Å². The lowest BCUT2D eigenvalue weighted by atomic mass is 10.2. The highest BCUT2D eigenvalue weighted by atomic mass is 127. The van der Waals surface area contributed by atoms with Crippen molar-refractivity contribution in [3.63, 3.8) is 0 Å². The first-order valence-corrected chi connectivity index (χ1v) is 11.9. The maximum Gasteiger partial charge on any atom is 0.263 e. The zero-order chi connectivity index (χ0) is 20.5. The molecule has 9 heteroatoms. The van der Waals surface area contributed by atoms with Crippen molar-refractivity contribution in [3.05, 3.63) is 46.4 Å². The predicted molar refractivity (Wildman–Crippen MR) is 137 cm³/mol. The number of aliphatic imine (C=N–C) groups is 1. The number of nitrogens with one attached hydrogen (secondary N) is 2. The zero-order valence-electron chi connectivity index (χ0n) is 17.5. The molecule has 1 aliphatic rings. The number of hydrogen-bond acceptors (Lipinski definition) is 5. The Balaban J connectivity index is 0.00000320. The number of nitrogens with zero attached hydrogens (tertiary/aromatic N) is 3. The summed E-state index contributed by atoms with van der Waals surface area (Å²) < 4.78 is 0. The molecule has 6 nitrogen and oxygen atoms in total. The Hall–Kier alpha value is -1.33. The van der Waals surface area contributed by atoms with Gasteiger partial charge in [0.1, 0.15) is 4.88 Å². The van der Waals surface area contributed by atoms with Crippen LogP contribution in [-0.4, -0.2) is 60.2 Å². The van der Waals surface area contributed by atoms with Crippen molar-refractivity contribution in [1.82, 2.24) is 20.5 Å². The largest absolute Gasteiger partial charge is 0.357 e. The summed E-state index contributed by atoms with van der Waals surface area (Å²) in [6.07, 6.45) is 1.19. The van der Waals surface area contributed by atoms with E-state index in [1.807, 2.05) is 18.7 Å². The van der Waals surface area contributed by atoms with Crippen LogP contribution in [0.15, 0.2) is 45.7 Å². The number of carbonyl (C=O) groups excluding carboxylic acids is 1. The number of amides is 1. The van der Waals surface area contributed by atoms with Crippen LogP contribution in [0.4, 0.5) is 0 Å². The zero-order valence-corrected chi connectivity index (χ0v) is 21.4. The fraction of sp³-hybridized carbons (Fsp3) is 0.476. The molecule has 1 saturated heterocycles. The molecule has 1 aliphatic heterocycles. The summed E-state index contributed by atoms with van der Waals surface area (Å²) in [7, 11) is 0. The minimum atomic E-state index is -0.0654. The van der Waals surface area contributed by atoms with Crippen LogP contribution in [0, 0.1) is 12.8 Å². The highest BCUT2D eigenvalue weighted by molar-refractivity contribution is 14.0. The van der Waals surface area contributed by atoms with Gasteiger partial charge in [0.05, 0.1) is 17.7 Å². The molecule has 3 rings (SSSR count). The van der Waals surface area contributed by atoms with Gasteiger partial charge in [-0.2, -0.15) is 0 Å². The Morgan fingerprint density at radius 3 is 2.83 bits per heavy atom. The van der Waals surface area contributed by atoms with E-state index in [0.29, 0.717) is 23.9 Å². The van der Waals surface area contributed by atoms with E-state index in [9.17, 15) is 4.79 Å². The van der Waals surface area contributed by atoms with Crippen LogP contribution in [0.1, 0.15) is 28.7 Å². The Labute approximate surface area is 204 Å². The molecule has 1 aromatic heterocycles. The van der Waals surface area contributed by atoms with Gasteiger partial charge in [0.2, 0.25) is 0 Å². The minimum absolute atomic E-state index is 0. The second kappa shape index (κ2) is 13.2. The number of guanidine groups is 1. The van der Waals surface area contributed by atoms with E-state index >= 15 is 0 Å². The van der Waals surface area contributed by atoms with Gasteiger partial charge in [0.25, 0.3) is 5.91 Å². The normalized spacial score (nSPS) is 16.3. The summed E-state index contributed by atoms with van der Waals surface area (Å²) in [5, 5.41) is 6.33. The first-order valence-electron chi connectivity index (χ1n) is 10.1. The van der Waals surface area contributed by atoms with E-state index < -0.39 is 0 Å². The molecule has 1 amide bonds. The molecule has 0 aliphatic carbocycles. The summed E-state index contributed by atoms with van der Waals surface area (Å²) in [6, 6.07) is 10.6. The smallest absolute Gasteiger partial charge is 0.263 e. The number of thioether (sulfide) groups is 1. The minimum Gasteiger partial charge on any atom is -0.357 e. The van der Waals surface area contributed by atoms with E-state index in [0.717, 1.165) is 37.0 Å². The molecule has 1 fully saturated rings. The lowest BCUT2D eigenvalue weighted by Gasteiger charge is -2.21. The topological polar surface area (TPSA) is 69.6 Å². The standard InChI is InChI=1S/C21H29N5OS2.HI/c1-3-22-21(24-11-10-23-20(27)19-16(2)25-15-29-19)26-12-9-17(13-26)14-28-18-7-5-4-6-8-18;/h4-8,15,17H,3,9-14H2,1-2H3,(H,22,24)(H,23,27);1H. The molecule has 2 N–H and O–H groups in total. The molecular weight excluding hydrogens is 529 g/mol. The molecule has 30 heavy (non-hydrogen) atoms. The number of halogens is 1. The van der Waals surface area contributed by atoms with Gasteiger partial charge in [0.15, 0.2) is 5.96 Å². The molecule has 1 aromatic carbocycles. The molecule has 164 valence electrons. The van der Waals surface area contributed by atoms with Gasteiger partial charge in [-0.05, 0) is 38.3 Å². The van der Waals surface area contributed by atoms with Gasteiger partial charge in [-0.1, -0.05) is 18.2 Å². The van der Waals surface area contributed by atoms with E-state index in [-0.39, 0.29) is 29.9 Å². The van der Waals surface area contributed by atoms with Crippen molar-refractivity contribution in [2.24, 2.45) is 10.9 Å². The van der Waals surface area contributed by atoms with Crippen molar-refractivity contribution in [2.45, 2.75) is 25.2 Å². The second-order valence-electron chi connectivity index (χ2n) is 6.98. The lowest BCUT2D eigenvalue weighted by Crippen LogP contribution is -2.40. The summed E-state index contributed by atoms with van der Waals surface area (Å²) >= 11 is 3.30. The van der Waals surface area contributed by atoms with Crippen molar-refractivity contribution in [1.29, 1.82) is 0 Å². The average Bonchev–Trinajstić information content (AvgIpc) is 3.38. The van der Waals surface area contributed by atoms with Crippen LogP contribution in [0.2, 0.25) is 0 Å². The number of carbonyl (C=O) groups is 1. The highest BCUT2D eigenvalue weighted by Gasteiger charge is 2.24. The van der Waals surface area contributed by atoms with Gasteiger partial charge in [-0.25, -0.2) is 4.98 Å². The number of aryl methyl sites for hydroxylation is 1. The van der Waals surface area contributed by atoms with Gasteiger partial charge in [0, 0.05) is 36.8 Å². The quantitative estimate of drug-likeness (QED) is 0.169. The van der Waals surface area contributed by atoms with Gasteiger partial charge < -0.3 is 15.5 Å². The van der Waals surface area contributed by atoms with Crippen LogP contribution in [0.25, 0.3) is 0 Å². The lowest BCUT2D eigenvalue weighted by molar-refractivity contribution is 0.0958. The predicted octanol–water partition coefficient (Wildman–Crippen LogP) is 3.88. The number of likely N-dealkylation sites (tertiary alicyclic amines) is 1. The average molecular weight is 560 g/mol. The first kappa shape index (κ1) is 24.9. The summed E-state index contributed by atoms with van der Waals surface area (Å²) in [5.74, 6) is 2.68. The first-order chi connectivity index (χ1) is 14.2. The Morgan fingerprint density at radius 1 is 1.33 bits per heavy atom. The van der Waals surface area contributed by atoms with Crippen LogP contribution >= 0.6 is 47.1 Å². The van der Waals surface area contributed by atoms with Crippen molar-refractivity contribution in [2.75, 3.05) is 38.5 Å². The van der Waals surface area contributed by atoms with Gasteiger partial charge >= 0.3 is 0 Å². The van der Waals surface area contributed by atoms with Crippen molar-refractivity contribution in [3.8, 4) is 0 Å². The highest BCUT2D eigenvalue weighted by Crippen LogP contribution is 2.25. The van der Waals surface area contributed by atoms with Gasteiger partial charge in [-0.3, -0.25) is 9.79 Å². The molecular formula is C21H30IN5OS2. The Morgan fingerprint density at radius 2 is 2.13 bits per heavy atom. The Bertz CT molecular complexity index is 815. The molecule has 0 saturated carbocycles. The van der Waals surface area contributed by atoms with Crippen LogP contribution in [0.5, 0.6) is 0 Å². The number of rotatable bonds is 8. The SMILES string of the molecule is CCNC(=NCCNC(=O)c1scnc1C)N1CCC(CSc2ccccc2)C1.I. The van der Waals surface area contributed by atoms with Crippen LogP contribution < -0.4 is 10.6 Å². The third-order valence-corrected chi connectivity index (χ3v) is 6.93. The fourth-order valence-electron chi connectivity index (χ4n) is 3.25. The third-order valence-electron chi connectivity index (χ3n) is 4.76. The van der Waals surface area contributed by atoms with E-state index in [4.69, 9.17) is 4.99 Å². The number of hydrogen-bond donors (Lipinski definition) is 2. The molecule has 2 heterocycles. The maximum atomic E-state index is 12.2. The number of thiazole rings is 1. The van der Waals surface area contributed by atoms with E-state index in [2.05, 4.69) is 57.8 Å². The third kappa shape index (κ3) is 7.42. The van der Waals surface area contributed by atoms with E-state index in [1.54, 1.807) is 5.51 Å². The van der Waals surface area contributed by atoms with Crippen LogP contribution in [-0.2, 0) is 0 Å². The molecule has 0 radical (unpaired) electrons. The van der Waals surface area contributed by atoms with Gasteiger partial charge in [-0.15, -0.1) is 47.1 Å². The van der Waals surface area contributed by atoms with Crippen LogP contribution in [0.3, 0.4) is 0 Å². The number of benzene rings is 1. The molecule has 0 bridgehead atoms. The molecule has 0 spiro atoms. The maximum absolute atomic E-state index is 12.2. The summed E-state index contributed by atoms with van der Waals surface area (Å²) in [5.41, 5.74) is 2.48. The molecule has 2 aromatic rings. The van der Waals surface area contributed by atoms with Crippen molar-refractivity contribution >= 4 is 58.9 Å². The Kier molecular flexibility index (Phi) is 10.9. The molecule has 1 atom stereocenters. The summed E-state index contributed by atoms with van der Waals surface area (Å²) in [4.78, 5) is 25.4. The second-order valence-corrected chi connectivity index (χ2v) is 8.93. The monoisotopic (exact) mass is 559 g/mol. The molecule has 1 unspecified atom stereocenters. The fourth-order valence-corrected chi connectivity index (χ4v) is 5.02. The summed E-state index contributed by atoms with van der Waals surface area (Å²) in [6.45, 7) is 7.91. The van der Waals surface area contributed by atoms with E-state index in [1.165, 1.54) is 22.7 Å².